The van der Waals surface area contributed by atoms with Crippen molar-refractivity contribution in [3.05, 3.63) is 180 Å². The second kappa shape index (κ2) is 16.4. The average molecular weight is 745 g/mol. The SMILES string of the molecule is CC.COc1c(C)cc(C(c2cc(C)c(C)c(C)c2)c2ccc3c(c2)Cc2cc(C(c4cc(C)c(OC)c(C)c4)c4cc(C)c(OC)c(C)c4)ccc2-3)cc1C. The highest BCUT2D eigenvalue weighted by molar-refractivity contribution is 5.78. The summed E-state index contributed by atoms with van der Waals surface area (Å²) in [5.74, 6) is 3.03. The summed E-state index contributed by atoms with van der Waals surface area (Å²) in [7, 11) is 5.29. The summed E-state index contributed by atoms with van der Waals surface area (Å²) in [6.07, 6.45) is 0.903. The Morgan fingerprint density at radius 3 is 0.893 bits per heavy atom. The molecule has 0 spiro atoms. The van der Waals surface area contributed by atoms with Crippen molar-refractivity contribution in [1.82, 2.24) is 0 Å². The Hall–Kier alpha value is -5.28. The number of benzene rings is 6. The van der Waals surface area contributed by atoms with Crippen molar-refractivity contribution in [3.8, 4) is 28.4 Å². The molecule has 0 radical (unpaired) electrons. The van der Waals surface area contributed by atoms with Crippen LogP contribution < -0.4 is 14.2 Å². The number of fused-ring (bicyclic) bond motifs is 3. The lowest BCUT2D eigenvalue weighted by atomic mass is 9.81. The van der Waals surface area contributed by atoms with Crippen LogP contribution in [-0.4, -0.2) is 21.3 Å². The van der Waals surface area contributed by atoms with E-state index in [4.69, 9.17) is 14.2 Å². The van der Waals surface area contributed by atoms with Gasteiger partial charge in [-0.3, -0.25) is 0 Å². The van der Waals surface area contributed by atoms with Gasteiger partial charge in [-0.25, -0.2) is 0 Å². The van der Waals surface area contributed by atoms with Crippen molar-refractivity contribution in [2.45, 2.75) is 94.4 Å². The van der Waals surface area contributed by atoms with Gasteiger partial charge in [-0.2, -0.15) is 0 Å². The lowest BCUT2D eigenvalue weighted by molar-refractivity contribution is 0.408. The topological polar surface area (TPSA) is 27.7 Å². The molecule has 0 bridgehead atoms. The molecule has 0 saturated heterocycles. The minimum absolute atomic E-state index is 0.0557. The number of hydrogen-bond acceptors (Lipinski definition) is 3. The molecule has 0 N–H and O–H groups in total. The molecule has 1 unspecified atom stereocenters. The van der Waals surface area contributed by atoms with Gasteiger partial charge in [0.1, 0.15) is 17.2 Å². The van der Waals surface area contributed by atoms with Gasteiger partial charge in [-0.15, -0.1) is 0 Å². The number of hydrogen-bond donors (Lipinski definition) is 0. The van der Waals surface area contributed by atoms with Crippen LogP contribution in [0.2, 0.25) is 0 Å². The number of ether oxygens (including phenoxy) is 3. The number of aryl methyl sites for hydroxylation is 8. The first kappa shape index (κ1) is 40.4. The van der Waals surface area contributed by atoms with E-state index in [1.54, 1.807) is 21.3 Å². The van der Waals surface area contributed by atoms with Gasteiger partial charge in [0.2, 0.25) is 0 Å². The molecule has 1 atom stereocenters. The highest BCUT2D eigenvalue weighted by Crippen LogP contribution is 2.45. The van der Waals surface area contributed by atoms with E-state index in [9.17, 15) is 0 Å². The van der Waals surface area contributed by atoms with Crippen LogP contribution in [0.5, 0.6) is 17.2 Å². The van der Waals surface area contributed by atoms with Gasteiger partial charge in [-0.1, -0.05) is 98.8 Å². The van der Waals surface area contributed by atoms with E-state index in [1.807, 2.05) is 13.8 Å². The molecule has 7 rings (SSSR count). The van der Waals surface area contributed by atoms with Crippen LogP contribution in [0.1, 0.15) is 120 Å². The smallest absolute Gasteiger partial charge is 0.124 e. The predicted octanol–water partition coefficient (Wildman–Crippen LogP) is 13.4. The Morgan fingerprint density at radius 2 is 0.625 bits per heavy atom. The largest absolute Gasteiger partial charge is 0.496 e. The van der Waals surface area contributed by atoms with Gasteiger partial charge >= 0.3 is 0 Å². The molecule has 0 saturated carbocycles. The molecule has 0 fully saturated rings. The molecule has 3 nitrogen and oxygen atoms in total. The standard InChI is InChI=1S/C51H54O3.C2H6/c1-28-17-41(18-29(2)36(28)9)47(42-19-30(3)49(52-10)31(4)20-42)37-13-15-45-39(25-37)27-40-26-38(14-16-46(40)45)48(43-21-32(5)50(53-11)33(6)22-43)44-23-34(7)51(54-12)35(8)24-44;1-2/h13-26,47-48H,27H2,1-12H3;1-2H3. The van der Waals surface area contributed by atoms with Crippen molar-refractivity contribution in [2.24, 2.45) is 0 Å². The summed E-state index contributed by atoms with van der Waals surface area (Å²) in [5.41, 5.74) is 24.2. The first-order valence-electron chi connectivity index (χ1n) is 20.1. The van der Waals surface area contributed by atoms with Crippen molar-refractivity contribution < 1.29 is 14.2 Å². The summed E-state index contributed by atoms with van der Waals surface area (Å²) in [6, 6.07) is 33.0. The zero-order valence-corrected chi connectivity index (χ0v) is 36.2. The van der Waals surface area contributed by atoms with Gasteiger partial charge in [0.15, 0.2) is 0 Å². The molecule has 0 aromatic heterocycles. The fraction of sp³-hybridized carbons (Fsp3) is 0.321. The monoisotopic (exact) mass is 744 g/mol. The molecule has 1 aliphatic rings. The van der Waals surface area contributed by atoms with Gasteiger partial charge in [0.05, 0.1) is 21.3 Å². The van der Waals surface area contributed by atoms with E-state index >= 15 is 0 Å². The van der Waals surface area contributed by atoms with Crippen LogP contribution in [0.3, 0.4) is 0 Å². The Morgan fingerprint density at radius 1 is 0.357 bits per heavy atom. The molecule has 290 valence electrons. The highest BCUT2D eigenvalue weighted by Gasteiger charge is 2.27. The predicted molar refractivity (Wildman–Crippen MR) is 236 cm³/mol. The van der Waals surface area contributed by atoms with E-state index in [-0.39, 0.29) is 11.8 Å². The van der Waals surface area contributed by atoms with Crippen LogP contribution >= 0.6 is 0 Å². The lowest BCUT2D eigenvalue weighted by Crippen LogP contribution is -2.07. The Balaban J connectivity index is 0.00000262. The maximum absolute atomic E-state index is 5.79. The zero-order chi connectivity index (χ0) is 40.6. The quantitative estimate of drug-likeness (QED) is 0.138. The summed E-state index contributed by atoms with van der Waals surface area (Å²) < 4.78 is 17.4. The van der Waals surface area contributed by atoms with E-state index in [0.29, 0.717) is 0 Å². The van der Waals surface area contributed by atoms with Gasteiger partial charge in [-0.05, 0) is 174 Å². The van der Waals surface area contributed by atoms with Crippen molar-refractivity contribution in [1.29, 1.82) is 0 Å². The molecule has 3 heteroatoms. The van der Waals surface area contributed by atoms with Gasteiger partial charge in [0.25, 0.3) is 0 Å². The first-order valence-corrected chi connectivity index (χ1v) is 20.1. The third kappa shape index (κ3) is 7.37. The third-order valence-corrected chi connectivity index (χ3v) is 11.9. The Labute approximate surface area is 336 Å². The van der Waals surface area contributed by atoms with E-state index < -0.39 is 0 Å². The van der Waals surface area contributed by atoms with Crippen molar-refractivity contribution >= 4 is 0 Å². The molecular weight excluding hydrogens is 685 g/mol. The van der Waals surface area contributed by atoms with Crippen LogP contribution in [0, 0.1) is 62.3 Å². The second-order valence-electron chi connectivity index (χ2n) is 15.7. The Kier molecular flexibility index (Phi) is 11.9. The molecule has 0 amide bonds. The zero-order valence-electron chi connectivity index (χ0n) is 36.2. The second-order valence-corrected chi connectivity index (χ2v) is 15.7. The summed E-state index contributed by atoms with van der Waals surface area (Å²) >= 11 is 0. The molecular formula is C53H60O3. The average Bonchev–Trinajstić information content (AvgIpc) is 3.52. The van der Waals surface area contributed by atoms with E-state index in [0.717, 1.165) is 57.1 Å². The maximum Gasteiger partial charge on any atom is 0.124 e. The van der Waals surface area contributed by atoms with E-state index in [2.05, 4.69) is 147 Å². The molecule has 1 aliphatic carbocycles. The molecule has 0 heterocycles. The third-order valence-electron chi connectivity index (χ3n) is 11.9. The van der Waals surface area contributed by atoms with Crippen molar-refractivity contribution in [3.63, 3.8) is 0 Å². The maximum atomic E-state index is 5.79. The minimum Gasteiger partial charge on any atom is -0.496 e. The highest BCUT2D eigenvalue weighted by atomic mass is 16.5. The summed E-state index contributed by atoms with van der Waals surface area (Å²) in [6.45, 7) is 23.6. The fourth-order valence-electron chi connectivity index (χ4n) is 9.42. The molecule has 0 aliphatic heterocycles. The van der Waals surface area contributed by atoms with Gasteiger partial charge in [0, 0.05) is 11.8 Å². The van der Waals surface area contributed by atoms with Crippen LogP contribution in [0.15, 0.2) is 84.9 Å². The molecule has 56 heavy (non-hydrogen) atoms. The Bertz CT molecular complexity index is 2280. The normalized spacial score (nSPS) is 12.1. The molecule has 6 aromatic rings. The van der Waals surface area contributed by atoms with Crippen molar-refractivity contribution in [2.75, 3.05) is 21.3 Å². The van der Waals surface area contributed by atoms with Crippen LogP contribution in [-0.2, 0) is 6.42 Å². The lowest BCUT2D eigenvalue weighted by Gasteiger charge is -2.24. The summed E-state index contributed by atoms with van der Waals surface area (Å²) in [5, 5.41) is 0. The van der Waals surface area contributed by atoms with Crippen LogP contribution in [0.4, 0.5) is 0 Å². The molecule has 6 aromatic carbocycles. The van der Waals surface area contributed by atoms with Crippen LogP contribution in [0.25, 0.3) is 11.1 Å². The minimum atomic E-state index is 0.0557. The first-order chi connectivity index (χ1) is 26.8. The summed E-state index contributed by atoms with van der Waals surface area (Å²) in [4.78, 5) is 0. The fourth-order valence-corrected chi connectivity index (χ4v) is 9.42. The van der Waals surface area contributed by atoms with Gasteiger partial charge < -0.3 is 14.2 Å². The number of rotatable bonds is 9. The number of methoxy groups -OCH3 is 3. The van der Waals surface area contributed by atoms with E-state index in [1.165, 1.54) is 72.3 Å².